The number of phenolic OH excluding ortho intramolecular Hbond substituents is 1. The van der Waals surface area contributed by atoms with Crippen molar-refractivity contribution in [1.29, 1.82) is 0 Å². The van der Waals surface area contributed by atoms with Gasteiger partial charge in [0.1, 0.15) is 17.5 Å². The Labute approximate surface area is 122 Å². The molecule has 114 valence electrons. The van der Waals surface area contributed by atoms with Crippen molar-refractivity contribution in [3.63, 3.8) is 0 Å². The number of aliphatic carboxylic acids is 1. The number of benzene rings is 1. The second kappa shape index (κ2) is 6.47. The molecule has 1 aromatic rings. The lowest BCUT2D eigenvalue weighted by molar-refractivity contribution is -0.142. The van der Waals surface area contributed by atoms with Crippen LogP contribution < -0.4 is 4.74 Å². The highest BCUT2D eigenvalue weighted by Gasteiger charge is 2.32. The zero-order chi connectivity index (χ0) is 15.4. The summed E-state index contributed by atoms with van der Waals surface area (Å²) in [5.41, 5.74) is 0.101. The van der Waals surface area contributed by atoms with Gasteiger partial charge in [0.05, 0.1) is 12.7 Å². The standard InChI is InChI=1S/C15H19NO5/c1-21-10-6-7-11(13(17)9-10)14(18)16-8-4-2-3-5-12(16)15(19)20/h6-7,9,12,17H,2-5,8H2,1H3,(H,19,20). The van der Waals surface area contributed by atoms with Crippen LogP contribution in [0.25, 0.3) is 0 Å². The van der Waals surface area contributed by atoms with Crippen molar-refractivity contribution in [2.45, 2.75) is 31.7 Å². The molecule has 1 aliphatic rings. The number of carboxylic acid groups (broad SMARTS) is 1. The Morgan fingerprint density at radius 2 is 2.05 bits per heavy atom. The van der Waals surface area contributed by atoms with E-state index in [0.717, 1.165) is 19.3 Å². The molecular weight excluding hydrogens is 274 g/mol. The van der Waals surface area contributed by atoms with Crippen molar-refractivity contribution in [3.8, 4) is 11.5 Å². The van der Waals surface area contributed by atoms with Gasteiger partial charge in [-0.05, 0) is 25.0 Å². The third-order valence-corrected chi connectivity index (χ3v) is 3.73. The minimum absolute atomic E-state index is 0.101. The van der Waals surface area contributed by atoms with E-state index in [-0.39, 0.29) is 11.3 Å². The van der Waals surface area contributed by atoms with Crippen molar-refractivity contribution >= 4 is 11.9 Å². The van der Waals surface area contributed by atoms with E-state index in [0.29, 0.717) is 18.7 Å². The molecule has 0 aromatic heterocycles. The fourth-order valence-electron chi connectivity index (χ4n) is 2.58. The number of amides is 1. The van der Waals surface area contributed by atoms with Gasteiger partial charge in [0, 0.05) is 12.6 Å². The van der Waals surface area contributed by atoms with Crippen LogP contribution in [0.4, 0.5) is 0 Å². The van der Waals surface area contributed by atoms with Gasteiger partial charge in [0.25, 0.3) is 5.91 Å². The van der Waals surface area contributed by atoms with E-state index in [4.69, 9.17) is 4.74 Å². The smallest absolute Gasteiger partial charge is 0.326 e. The summed E-state index contributed by atoms with van der Waals surface area (Å²) in [4.78, 5) is 25.3. The van der Waals surface area contributed by atoms with E-state index in [1.165, 1.54) is 24.1 Å². The number of carbonyl (C=O) groups excluding carboxylic acids is 1. The summed E-state index contributed by atoms with van der Waals surface area (Å²) in [6.45, 7) is 0.390. The average Bonchev–Trinajstić information content (AvgIpc) is 2.72. The van der Waals surface area contributed by atoms with Gasteiger partial charge in [0.2, 0.25) is 0 Å². The topological polar surface area (TPSA) is 87.1 Å². The molecule has 1 aliphatic heterocycles. The first-order valence-corrected chi connectivity index (χ1v) is 6.95. The second-order valence-corrected chi connectivity index (χ2v) is 5.08. The molecule has 1 amide bonds. The van der Waals surface area contributed by atoms with Gasteiger partial charge in [-0.3, -0.25) is 4.79 Å². The lowest BCUT2D eigenvalue weighted by atomic mass is 10.1. The maximum atomic E-state index is 12.5. The summed E-state index contributed by atoms with van der Waals surface area (Å²) in [6.07, 6.45) is 2.90. The van der Waals surface area contributed by atoms with Crippen molar-refractivity contribution in [1.82, 2.24) is 4.90 Å². The highest BCUT2D eigenvalue weighted by Crippen LogP contribution is 2.27. The van der Waals surface area contributed by atoms with Crippen LogP contribution in [0, 0.1) is 0 Å². The maximum absolute atomic E-state index is 12.5. The van der Waals surface area contributed by atoms with Crippen LogP contribution in [0.1, 0.15) is 36.0 Å². The van der Waals surface area contributed by atoms with Crippen LogP contribution >= 0.6 is 0 Å². The number of likely N-dealkylation sites (tertiary alicyclic amines) is 1. The van der Waals surface area contributed by atoms with Crippen LogP contribution in [0.3, 0.4) is 0 Å². The fourth-order valence-corrected chi connectivity index (χ4v) is 2.58. The Morgan fingerprint density at radius 1 is 1.29 bits per heavy atom. The Kier molecular flexibility index (Phi) is 4.67. The molecule has 6 heteroatoms. The van der Waals surface area contributed by atoms with E-state index < -0.39 is 17.9 Å². The summed E-state index contributed by atoms with van der Waals surface area (Å²) in [7, 11) is 1.46. The van der Waals surface area contributed by atoms with E-state index in [2.05, 4.69) is 0 Å². The van der Waals surface area contributed by atoms with Crippen LogP contribution in [0.5, 0.6) is 11.5 Å². The number of rotatable bonds is 3. The molecule has 1 saturated heterocycles. The molecule has 1 fully saturated rings. The quantitative estimate of drug-likeness (QED) is 0.888. The van der Waals surface area contributed by atoms with Crippen molar-refractivity contribution in [3.05, 3.63) is 23.8 Å². The molecule has 0 aliphatic carbocycles. The van der Waals surface area contributed by atoms with Crippen LogP contribution in [-0.2, 0) is 4.79 Å². The summed E-state index contributed by atoms with van der Waals surface area (Å²) >= 11 is 0. The Hall–Kier alpha value is -2.24. The van der Waals surface area contributed by atoms with E-state index >= 15 is 0 Å². The number of nitrogens with zero attached hydrogens (tertiary/aromatic N) is 1. The van der Waals surface area contributed by atoms with Crippen molar-refractivity contribution in [2.24, 2.45) is 0 Å². The first kappa shape index (κ1) is 15.2. The summed E-state index contributed by atoms with van der Waals surface area (Å²) in [6, 6.07) is 3.54. The first-order chi connectivity index (χ1) is 10.0. The molecule has 0 saturated carbocycles. The van der Waals surface area contributed by atoms with Crippen molar-refractivity contribution in [2.75, 3.05) is 13.7 Å². The highest BCUT2D eigenvalue weighted by atomic mass is 16.5. The summed E-state index contributed by atoms with van der Waals surface area (Å²) in [5, 5.41) is 19.2. The molecule has 2 N–H and O–H groups in total. The normalized spacial score (nSPS) is 18.9. The van der Waals surface area contributed by atoms with Gasteiger partial charge in [0.15, 0.2) is 0 Å². The average molecular weight is 293 g/mol. The molecule has 1 heterocycles. The summed E-state index contributed by atoms with van der Waals surface area (Å²) in [5.74, 6) is -1.22. The van der Waals surface area contributed by atoms with Gasteiger partial charge in [-0.1, -0.05) is 12.8 Å². The number of carboxylic acids is 1. The van der Waals surface area contributed by atoms with Gasteiger partial charge < -0.3 is 19.8 Å². The molecule has 1 unspecified atom stereocenters. The molecule has 0 radical (unpaired) electrons. The zero-order valence-corrected chi connectivity index (χ0v) is 11.9. The van der Waals surface area contributed by atoms with E-state index in [9.17, 15) is 19.8 Å². The summed E-state index contributed by atoms with van der Waals surface area (Å²) < 4.78 is 4.98. The van der Waals surface area contributed by atoms with Gasteiger partial charge in [-0.25, -0.2) is 4.79 Å². The SMILES string of the molecule is COc1ccc(C(=O)N2CCCCCC2C(=O)O)c(O)c1. The van der Waals surface area contributed by atoms with E-state index in [1.54, 1.807) is 6.07 Å². The molecule has 0 spiro atoms. The number of carbonyl (C=O) groups is 2. The van der Waals surface area contributed by atoms with Gasteiger partial charge in [-0.2, -0.15) is 0 Å². The third-order valence-electron chi connectivity index (χ3n) is 3.73. The molecule has 6 nitrogen and oxygen atoms in total. The maximum Gasteiger partial charge on any atom is 0.326 e. The zero-order valence-electron chi connectivity index (χ0n) is 11.9. The monoisotopic (exact) mass is 293 g/mol. The lowest BCUT2D eigenvalue weighted by Gasteiger charge is -2.27. The molecule has 1 aromatic carbocycles. The number of hydrogen-bond acceptors (Lipinski definition) is 4. The molecule has 1 atom stereocenters. The Bertz CT molecular complexity index is 543. The minimum atomic E-state index is -1.00. The number of hydrogen-bond donors (Lipinski definition) is 2. The fraction of sp³-hybridized carbons (Fsp3) is 0.467. The van der Waals surface area contributed by atoms with Crippen molar-refractivity contribution < 1.29 is 24.5 Å². The van der Waals surface area contributed by atoms with E-state index in [1.807, 2.05) is 0 Å². The Morgan fingerprint density at radius 3 is 2.67 bits per heavy atom. The third kappa shape index (κ3) is 3.26. The predicted octanol–water partition coefficient (Wildman–Crippen LogP) is 1.87. The number of aromatic hydroxyl groups is 1. The predicted molar refractivity (Wildman–Crippen MR) is 75.6 cm³/mol. The van der Waals surface area contributed by atoms with Crippen LogP contribution in [0.15, 0.2) is 18.2 Å². The molecule has 2 rings (SSSR count). The van der Waals surface area contributed by atoms with Gasteiger partial charge in [-0.15, -0.1) is 0 Å². The minimum Gasteiger partial charge on any atom is -0.507 e. The Balaban J connectivity index is 2.29. The highest BCUT2D eigenvalue weighted by molar-refractivity contribution is 5.99. The molecular formula is C15H19NO5. The molecule has 0 bridgehead atoms. The number of phenols is 1. The largest absolute Gasteiger partial charge is 0.507 e. The number of methoxy groups -OCH3 is 1. The van der Waals surface area contributed by atoms with Crippen LogP contribution in [0.2, 0.25) is 0 Å². The molecule has 21 heavy (non-hydrogen) atoms. The number of ether oxygens (including phenoxy) is 1. The first-order valence-electron chi connectivity index (χ1n) is 6.95. The lowest BCUT2D eigenvalue weighted by Crippen LogP contribution is -2.44. The van der Waals surface area contributed by atoms with Crippen LogP contribution in [-0.4, -0.2) is 46.7 Å². The van der Waals surface area contributed by atoms with Gasteiger partial charge >= 0.3 is 5.97 Å². The second-order valence-electron chi connectivity index (χ2n) is 5.08.